The fourth-order valence-corrected chi connectivity index (χ4v) is 2.53. The van der Waals surface area contributed by atoms with Gasteiger partial charge in [-0.25, -0.2) is 0 Å². The lowest BCUT2D eigenvalue weighted by atomic mass is 10.1. The second kappa shape index (κ2) is 4.67. The van der Waals surface area contributed by atoms with Gasteiger partial charge < -0.3 is 20.4 Å². The van der Waals surface area contributed by atoms with Crippen LogP contribution in [0.3, 0.4) is 0 Å². The van der Waals surface area contributed by atoms with Crippen LogP contribution in [0.5, 0.6) is 0 Å². The van der Waals surface area contributed by atoms with Crippen LogP contribution in [0.1, 0.15) is 25.5 Å². The van der Waals surface area contributed by atoms with Crippen molar-refractivity contribution >= 4 is 28.9 Å². The fraction of sp³-hybridized carbons (Fsp3) is 0.462. The Morgan fingerprint density at radius 2 is 2.11 bits per heavy atom. The molecule has 1 aliphatic heterocycles. The number of hydrogen-bond acceptors (Lipinski definition) is 4. The lowest BCUT2D eigenvalue weighted by molar-refractivity contribution is -0.123. The summed E-state index contributed by atoms with van der Waals surface area (Å²) in [7, 11) is 1.80. The molecule has 104 valence electrons. The van der Waals surface area contributed by atoms with Crippen molar-refractivity contribution < 1.29 is 15.0 Å². The van der Waals surface area contributed by atoms with Crippen LogP contribution in [0, 0.1) is 0 Å². The summed E-state index contributed by atoms with van der Waals surface area (Å²) >= 11 is 6.17. The fourth-order valence-electron chi connectivity index (χ4n) is 2.21. The molecule has 1 unspecified atom stereocenters. The predicted octanol–water partition coefficient (Wildman–Crippen LogP) is 1.53. The predicted molar refractivity (Wildman–Crippen MR) is 74.6 cm³/mol. The number of anilines is 2. The van der Waals surface area contributed by atoms with E-state index < -0.39 is 17.6 Å². The zero-order valence-corrected chi connectivity index (χ0v) is 11.8. The van der Waals surface area contributed by atoms with E-state index in [0.717, 1.165) is 0 Å². The van der Waals surface area contributed by atoms with Crippen LogP contribution >= 0.6 is 11.6 Å². The topological polar surface area (TPSA) is 72.8 Å². The average molecular weight is 285 g/mol. The van der Waals surface area contributed by atoms with Crippen LogP contribution in [0.15, 0.2) is 12.1 Å². The van der Waals surface area contributed by atoms with E-state index in [-0.39, 0.29) is 0 Å². The smallest absolute Gasteiger partial charge is 0.257 e. The highest BCUT2D eigenvalue weighted by Gasteiger charge is 2.30. The number of nitrogens with one attached hydrogen (secondary N) is 1. The maximum Gasteiger partial charge on any atom is 0.257 e. The molecule has 0 spiro atoms. The van der Waals surface area contributed by atoms with Gasteiger partial charge in [-0.05, 0) is 26.0 Å². The Bertz CT molecular complexity index is 525. The molecule has 19 heavy (non-hydrogen) atoms. The molecule has 1 heterocycles. The minimum atomic E-state index is -1.17. The Kier molecular flexibility index (Phi) is 3.47. The molecule has 1 aromatic rings. The second-order valence-electron chi connectivity index (χ2n) is 5.45. The lowest BCUT2D eigenvalue weighted by Crippen LogP contribution is -2.36. The first-order valence-corrected chi connectivity index (χ1v) is 6.33. The summed E-state index contributed by atoms with van der Waals surface area (Å²) in [5, 5.41) is 22.5. The van der Waals surface area contributed by atoms with Crippen LogP contribution in [-0.4, -0.2) is 35.3 Å². The lowest BCUT2D eigenvalue weighted by Gasteiger charge is -2.28. The van der Waals surface area contributed by atoms with Gasteiger partial charge >= 0.3 is 0 Å². The van der Waals surface area contributed by atoms with Gasteiger partial charge in [-0.15, -0.1) is 0 Å². The van der Waals surface area contributed by atoms with Gasteiger partial charge in [0.2, 0.25) is 0 Å². The number of likely N-dealkylation sites (N-methyl/N-ethyl adjacent to an activating group) is 1. The van der Waals surface area contributed by atoms with Crippen LogP contribution in [0.2, 0.25) is 5.02 Å². The number of aliphatic hydroxyl groups excluding tert-OH is 1. The van der Waals surface area contributed by atoms with Gasteiger partial charge in [0.15, 0.2) is 6.10 Å². The highest BCUT2D eigenvalue weighted by atomic mass is 35.5. The molecule has 1 amide bonds. The molecular formula is C13H17ClN2O3. The SMILES string of the molecule is CN(CC(C)(C)O)c1cc2c(cc1Cl)C(O)C(=O)N2. The molecule has 1 aromatic carbocycles. The van der Waals surface area contributed by atoms with Crippen molar-refractivity contribution in [2.75, 3.05) is 23.8 Å². The van der Waals surface area contributed by atoms with Gasteiger partial charge in [0.25, 0.3) is 5.91 Å². The zero-order valence-electron chi connectivity index (χ0n) is 11.1. The van der Waals surface area contributed by atoms with E-state index in [0.29, 0.717) is 28.5 Å². The standard InChI is InChI=1S/C13H17ClN2O3/c1-13(2,19)6-16(3)10-5-9-7(4-8(10)14)11(17)12(18)15-9/h4-5,11,17,19H,6H2,1-3H3,(H,15,18). The molecule has 0 saturated heterocycles. The van der Waals surface area contributed by atoms with Gasteiger partial charge in [-0.2, -0.15) is 0 Å². The number of nitrogens with zero attached hydrogens (tertiary/aromatic N) is 1. The minimum absolute atomic E-state index is 0.391. The van der Waals surface area contributed by atoms with Crippen molar-refractivity contribution in [1.29, 1.82) is 0 Å². The number of benzene rings is 1. The molecule has 1 aliphatic rings. The van der Waals surface area contributed by atoms with Crippen molar-refractivity contribution in [3.63, 3.8) is 0 Å². The van der Waals surface area contributed by atoms with Crippen molar-refractivity contribution in [1.82, 2.24) is 0 Å². The van der Waals surface area contributed by atoms with Crippen LogP contribution in [0.25, 0.3) is 0 Å². The molecular weight excluding hydrogens is 268 g/mol. The molecule has 0 bridgehead atoms. The average Bonchev–Trinajstić information content (AvgIpc) is 2.52. The van der Waals surface area contributed by atoms with E-state index in [2.05, 4.69) is 5.32 Å². The van der Waals surface area contributed by atoms with Crippen molar-refractivity contribution in [3.8, 4) is 0 Å². The quantitative estimate of drug-likeness (QED) is 0.787. The van der Waals surface area contributed by atoms with Crippen molar-refractivity contribution in [2.45, 2.75) is 25.6 Å². The van der Waals surface area contributed by atoms with Gasteiger partial charge in [-0.3, -0.25) is 4.79 Å². The van der Waals surface area contributed by atoms with E-state index in [4.69, 9.17) is 11.6 Å². The Labute approximate surface area is 116 Å². The maximum atomic E-state index is 11.4. The molecule has 0 fully saturated rings. The molecule has 0 radical (unpaired) electrons. The number of amides is 1. The van der Waals surface area contributed by atoms with E-state index in [1.807, 2.05) is 0 Å². The van der Waals surface area contributed by atoms with E-state index in [1.54, 1.807) is 37.9 Å². The summed E-state index contributed by atoms with van der Waals surface area (Å²) in [6.07, 6.45) is -1.17. The first-order valence-electron chi connectivity index (χ1n) is 5.95. The third-order valence-corrected chi connectivity index (χ3v) is 3.26. The first kappa shape index (κ1) is 14.1. The van der Waals surface area contributed by atoms with Crippen LogP contribution in [0.4, 0.5) is 11.4 Å². The number of aliphatic hydroxyl groups is 2. The first-order chi connectivity index (χ1) is 8.69. The molecule has 6 heteroatoms. The summed E-state index contributed by atoms with van der Waals surface area (Å²) < 4.78 is 0. The summed E-state index contributed by atoms with van der Waals surface area (Å²) in [5.41, 5.74) is 0.867. The summed E-state index contributed by atoms with van der Waals surface area (Å²) in [6, 6.07) is 3.28. The zero-order chi connectivity index (χ0) is 14.4. The molecule has 5 nitrogen and oxygen atoms in total. The normalized spacial score (nSPS) is 18.2. The molecule has 0 aliphatic carbocycles. The van der Waals surface area contributed by atoms with Gasteiger partial charge in [0, 0.05) is 24.8 Å². The largest absolute Gasteiger partial charge is 0.389 e. The van der Waals surface area contributed by atoms with Crippen LogP contribution in [-0.2, 0) is 4.79 Å². The molecule has 2 rings (SSSR count). The third-order valence-electron chi connectivity index (χ3n) is 2.96. The van der Waals surface area contributed by atoms with Gasteiger partial charge in [0.05, 0.1) is 16.3 Å². The minimum Gasteiger partial charge on any atom is -0.389 e. The number of rotatable bonds is 3. The monoisotopic (exact) mass is 284 g/mol. The Balaban J connectivity index is 2.34. The summed E-state index contributed by atoms with van der Waals surface area (Å²) in [5.74, 6) is -0.451. The van der Waals surface area contributed by atoms with Crippen molar-refractivity contribution in [3.05, 3.63) is 22.7 Å². The molecule has 0 saturated carbocycles. The molecule has 0 aromatic heterocycles. The second-order valence-corrected chi connectivity index (χ2v) is 5.86. The highest BCUT2D eigenvalue weighted by molar-refractivity contribution is 6.33. The number of carbonyl (C=O) groups is 1. The van der Waals surface area contributed by atoms with Gasteiger partial charge in [-0.1, -0.05) is 11.6 Å². The van der Waals surface area contributed by atoms with Crippen LogP contribution < -0.4 is 10.2 Å². The summed E-state index contributed by atoms with van der Waals surface area (Å²) in [4.78, 5) is 13.2. The Hall–Kier alpha value is -1.30. The van der Waals surface area contributed by atoms with Gasteiger partial charge in [0.1, 0.15) is 0 Å². The maximum absolute atomic E-state index is 11.4. The van der Waals surface area contributed by atoms with E-state index >= 15 is 0 Å². The van der Waals surface area contributed by atoms with Crippen molar-refractivity contribution in [2.24, 2.45) is 0 Å². The number of halogens is 1. The number of hydrogen-bond donors (Lipinski definition) is 3. The molecule has 3 N–H and O–H groups in total. The summed E-state index contributed by atoms with van der Waals surface area (Å²) in [6.45, 7) is 3.80. The number of carbonyl (C=O) groups excluding carboxylic acids is 1. The van der Waals surface area contributed by atoms with E-state index in [9.17, 15) is 15.0 Å². The highest BCUT2D eigenvalue weighted by Crippen LogP contribution is 2.38. The Morgan fingerprint density at radius 3 is 2.68 bits per heavy atom. The van der Waals surface area contributed by atoms with E-state index in [1.165, 1.54) is 0 Å². The number of fused-ring (bicyclic) bond motifs is 1. The molecule has 1 atom stereocenters. The third kappa shape index (κ3) is 2.83. The Morgan fingerprint density at radius 1 is 1.47 bits per heavy atom.